The fourth-order valence-corrected chi connectivity index (χ4v) is 7.05. The van der Waals surface area contributed by atoms with Gasteiger partial charge in [-0.05, 0) is 70.6 Å². The topological polar surface area (TPSA) is 95.9 Å². The van der Waals surface area contributed by atoms with Gasteiger partial charge in [0.25, 0.3) is 0 Å². The Labute approximate surface area is 346 Å². The van der Waals surface area contributed by atoms with Crippen LogP contribution < -0.4 is 5.32 Å². The molecule has 0 aromatic rings. The van der Waals surface area contributed by atoms with E-state index in [-0.39, 0.29) is 24.9 Å². The highest BCUT2D eigenvalue weighted by molar-refractivity contribution is 5.77. The molecular formula is C50H91NO5. The largest absolute Gasteiger partial charge is 0.462 e. The van der Waals surface area contributed by atoms with E-state index >= 15 is 0 Å². The summed E-state index contributed by atoms with van der Waals surface area (Å²) in [6, 6.07) is -0.715. The van der Waals surface area contributed by atoms with Gasteiger partial charge in [0.2, 0.25) is 5.91 Å². The Kier molecular flexibility index (Phi) is 42.2. The van der Waals surface area contributed by atoms with Crippen molar-refractivity contribution in [1.29, 1.82) is 0 Å². The summed E-state index contributed by atoms with van der Waals surface area (Å²) >= 11 is 0. The summed E-state index contributed by atoms with van der Waals surface area (Å²) in [5.41, 5.74) is 0. The number of esters is 1. The fourth-order valence-electron chi connectivity index (χ4n) is 7.05. The first-order valence-electron chi connectivity index (χ1n) is 23.9. The van der Waals surface area contributed by atoms with Gasteiger partial charge in [-0.1, -0.05) is 198 Å². The molecule has 0 saturated carbocycles. The third-order valence-electron chi connectivity index (χ3n) is 10.7. The third-order valence-corrected chi connectivity index (χ3v) is 10.7. The minimum atomic E-state index is -0.798. The standard InChI is InChI=1S/C50H91NO5/c1-4-7-10-13-16-19-21-23-25-27-30-32-35-38-41-46(56-50(55)43-40-37-34-31-28-26-24-22-20-17-14-11-8-5-2)44-49(54)51-47(45-52)48(53)42-39-36-33-29-18-15-12-9-6-3/h8,11,17,20,25,27,30,32,46-48,52-53H,4-7,9-10,12-16,18-19,21-24,26,28-29,31,33-45H2,1-3H3,(H,51,54)/b11-8+,20-17+,27-25+,32-30+. The zero-order chi connectivity index (χ0) is 41.0. The van der Waals surface area contributed by atoms with Gasteiger partial charge in [-0.25, -0.2) is 0 Å². The molecule has 0 heterocycles. The third kappa shape index (κ3) is 38.7. The van der Waals surface area contributed by atoms with Crippen LogP contribution in [-0.4, -0.2) is 46.9 Å². The molecular weight excluding hydrogens is 695 g/mol. The van der Waals surface area contributed by atoms with Crippen molar-refractivity contribution < 1.29 is 24.5 Å². The first-order chi connectivity index (χ1) is 27.5. The first kappa shape index (κ1) is 53.8. The number of amides is 1. The van der Waals surface area contributed by atoms with Crippen LogP contribution in [0.2, 0.25) is 0 Å². The molecule has 0 spiro atoms. The van der Waals surface area contributed by atoms with E-state index in [1.165, 1.54) is 109 Å². The average Bonchev–Trinajstić information content (AvgIpc) is 3.19. The lowest BCUT2D eigenvalue weighted by atomic mass is 10.0. The fraction of sp³-hybridized carbons (Fsp3) is 0.800. The number of unbranched alkanes of at least 4 members (excludes halogenated alkanes) is 23. The van der Waals surface area contributed by atoms with Crippen molar-refractivity contribution >= 4 is 11.9 Å². The molecule has 3 atom stereocenters. The minimum Gasteiger partial charge on any atom is -0.462 e. The van der Waals surface area contributed by atoms with E-state index in [4.69, 9.17) is 4.74 Å². The number of rotatable bonds is 42. The van der Waals surface area contributed by atoms with Crippen LogP contribution in [0.4, 0.5) is 0 Å². The molecule has 0 rings (SSSR count). The molecule has 3 N–H and O–H groups in total. The quantitative estimate of drug-likeness (QED) is 0.0248. The van der Waals surface area contributed by atoms with E-state index in [0.717, 1.165) is 77.0 Å². The van der Waals surface area contributed by atoms with Gasteiger partial charge in [-0.2, -0.15) is 0 Å². The van der Waals surface area contributed by atoms with Crippen molar-refractivity contribution in [3.63, 3.8) is 0 Å². The Morgan fingerprint density at radius 3 is 1.59 bits per heavy atom. The highest BCUT2D eigenvalue weighted by Gasteiger charge is 2.24. The number of hydrogen-bond acceptors (Lipinski definition) is 5. The second-order valence-electron chi connectivity index (χ2n) is 16.2. The normalized spacial score (nSPS) is 13.7. The van der Waals surface area contributed by atoms with Gasteiger partial charge in [0.1, 0.15) is 6.10 Å². The van der Waals surface area contributed by atoms with Crippen molar-refractivity contribution in [1.82, 2.24) is 5.32 Å². The number of carbonyl (C=O) groups is 2. The second kappa shape index (κ2) is 43.9. The lowest BCUT2D eigenvalue weighted by molar-refractivity contribution is -0.151. The lowest BCUT2D eigenvalue weighted by Crippen LogP contribution is -2.46. The van der Waals surface area contributed by atoms with E-state index in [1.807, 2.05) is 0 Å². The molecule has 3 unspecified atom stereocenters. The zero-order valence-corrected chi connectivity index (χ0v) is 37.0. The van der Waals surface area contributed by atoms with Gasteiger partial charge in [-0.3, -0.25) is 9.59 Å². The monoisotopic (exact) mass is 786 g/mol. The van der Waals surface area contributed by atoms with E-state index in [0.29, 0.717) is 19.3 Å². The molecule has 0 aliphatic heterocycles. The van der Waals surface area contributed by atoms with Crippen LogP contribution in [-0.2, 0) is 14.3 Å². The molecule has 1 amide bonds. The molecule has 6 nitrogen and oxygen atoms in total. The van der Waals surface area contributed by atoms with Gasteiger partial charge in [0.15, 0.2) is 0 Å². The lowest BCUT2D eigenvalue weighted by Gasteiger charge is -2.24. The highest BCUT2D eigenvalue weighted by atomic mass is 16.5. The van der Waals surface area contributed by atoms with E-state index in [2.05, 4.69) is 74.7 Å². The Morgan fingerprint density at radius 1 is 0.554 bits per heavy atom. The highest BCUT2D eigenvalue weighted by Crippen LogP contribution is 2.16. The molecule has 0 fully saturated rings. The molecule has 0 aliphatic rings. The van der Waals surface area contributed by atoms with Crippen LogP contribution in [0.5, 0.6) is 0 Å². The maximum atomic E-state index is 13.1. The van der Waals surface area contributed by atoms with Crippen LogP contribution in [0.1, 0.15) is 233 Å². The summed E-state index contributed by atoms with van der Waals surface area (Å²) in [4.78, 5) is 26.0. The van der Waals surface area contributed by atoms with Gasteiger partial charge in [0.05, 0.1) is 25.2 Å². The zero-order valence-electron chi connectivity index (χ0n) is 37.0. The Bertz CT molecular complexity index is 972. The molecule has 0 aromatic carbocycles. The molecule has 326 valence electrons. The smallest absolute Gasteiger partial charge is 0.306 e. The van der Waals surface area contributed by atoms with Crippen LogP contribution >= 0.6 is 0 Å². The molecule has 0 aliphatic carbocycles. The average molecular weight is 786 g/mol. The number of aliphatic hydroxyl groups is 2. The van der Waals surface area contributed by atoms with Gasteiger partial charge >= 0.3 is 5.97 Å². The number of aliphatic hydroxyl groups excluding tert-OH is 2. The van der Waals surface area contributed by atoms with E-state index < -0.39 is 18.2 Å². The number of allylic oxidation sites excluding steroid dienone is 8. The number of ether oxygens (including phenoxy) is 1. The Balaban J connectivity index is 4.67. The molecule has 0 radical (unpaired) electrons. The molecule has 0 bridgehead atoms. The maximum Gasteiger partial charge on any atom is 0.306 e. The van der Waals surface area contributed by atoms with Gasteiger partial charge in [-0.15, -0.1) is 0 Å². The Hall–Kier alpha value is -2.18. The summed E-state index contributed by atoms with van der Waals surface area (Å²) in [7, 11) is 0. The van der Waals surface area contributed by atoms with Crippen molar-refractivity contribution in [3.8, 4) is 0 Å². The number of carbonyl (C=O) groups excluding carboxylic acids is 2. The predicted molar refractivity (Wildman–Crippen MR) is 241 cm³/mol. The number of nitrogens with one attached hydrogen (secondary N) is 1. The summed E-state index contributed by atoms with van der Waals surface area (Å²) in [6.07, 6.45) is 51.8. The molecule has 56 heavy (non-hydrogen) atoms. The number of hydrogen-bond donors (Lipinski definition) is 3. The summed E-state index contributed by atoms with van der Waals surface area (Å²) < 4.78 is 5.88. The maximum absolute atomic E-state index is 13.1. The molecule has 6 heteroatoms. The van der Waals surface area contributed by atoms with E-state index in [9.17, 15) is 19.8 Å². The Morgan fingerprint density at radius 2 is 1.04 bits per heavy atom. The van der Waals surface area contributed by atoms with Gasteiger partial charge < -0.3 is 20.3 Å². The summed E-state index contributed by atoms with van der Waals surface area (Å²) in [5.74, 6) is -0.531. The molecule has 0 aromatic heterocycles. The van der Waals surface area contributed by atoms with Crippen molar-refractivity contribution in [3.05, 3.63) is 48.6 Å². The van der Waals surface area contributed by atoms with Crippen LogP contribution in [0.15, 0.2) is 48.6 Å². The van der Waals surface area contributed by atoms with Gasteiger partial charge in [0, 0.05) is 6.42 Å². The summed E-state index contributed by atoms with van der Waals surface area (Å²) in [5, 5.41) is 23.6. The van der Waals surface area contributed by atoms with Crippen LogP contribution in [0, 0.1) is 0 Å². The predicted octanol–water partition coefficient (Wildman–Crippen LogP) is 13.9. The van der Waals surface area contributed by atoms with Crippen LogP contribution in [0.25, 0.3) is 0 Å². The van der Waals surface area contributed by atoms with Crippen LogP contribution in [0.3, 0.4) is 0 Å². The van der Waals surface area contributed by atoms with Crippen molar-refractivity contribution in [2.75, 3.05) is 6.61 Å². The second-order valence-corrected chi connectivity index (χ2v) is 16.2. The minimum absolute atomic E-state index is 0.0414. The summed E-state index contributed by atoms with van der Waals surface area (Å²) in [6.45, 7) is 6.33. The van der Waals surface area contributed by atoms with Crippen molar-refractivity contribution in [2.24, 2.45) is 0 Å². The van der Waals surface area contributed by atoms with E-state index in [1.54, 1.807) is 0 Å². The molecule has 0 saturated heterocycles. The first-order valence-corrected chi connectivity index (χ1v) is 23.9. The SMILES string of the molecule is CC/C=C/C/C=C/CCCCCCCCCC(=O)OC(CCC/C=C/C=C/CCCCCCCCC)CC(=O)NC(CO)C(O)CCCCCCCCCCC. The van der Waals surface area contributed by atoms with Crippen molar-refractivity contribution in [2.45, 2.75) is 251 Å².